The molecule has 0 aliphatic carbocycles. The van der Waals surface area contributed by atoms with Crippen LogP contribution in [0.1, 0.15) is 23.4 Å². The van der Waals surface area contributed by atoms with Crippen molar-refractivity contribution < 1.29 is 14.7 Å². The van der Waals surface area contributed by atoms with Crippen LogP contribution in [0, 0.1) is 6.92 Å². The fourth-order valence-corrected chi connectivity index (χ4v) is 1.92. The van der Waals surface area contributed by atoms with Gasteiger partial charge in [0.2, 0.25) is 5.91 Å². The minimum atomic E-state index is -0.952. The van der Waals surface area contributed by atoms with Crippen molar-refractivity contribution in [2.45, 2.75) is 32.4 Å². The van der Waals surface area contributed by atoms with E-state index >= 15 is 0 Å². The number of thiazole rings is 1. The number of aromatic nitrogens is 1. The first-order valence-corrected chi connectivity index (χ1v) is 6.02. The third-order valence-corrected chi connectivity index (χ3v) is 3.21. The largest absolute Gasteiger partial charge is 0.481 e. The molecule has 0 radical (unpaired) electrons. The van der Waals surface area contributed by atoms with Gasteiger partial charge in [0, 0.05) is 11.3 Å². The summed E-state index contributed by atoms with van der Waals surface area (Å²) in [4.78, 5) is 26.9. The van der Waals surface area contributed by atoms with E-state index in [9.17, 15) is 9.59 Å². The van der Waals surface area contributed by atoms with E-state index in [2.05, 4.69) is 10.3 Å². The summed E-state index contributed by atoms with van der Waals surface area (Å²) in [6.07, 6.45) is 0.0387. The summed E-state index contributed by atoms with van der Waals surface area (Å²) >= 11 is 1.46. The standard InChI is InChI=1S/C10H15N3O3S/c1-6-8(17-5-13-6)4-12-10(16)7(11)2-3-9(14)15/h5,7H,2-4,11H2,1H3,(H,12,16)(H,14,15). The van der Waals surface area contributed by atoms with Gasteiger partial charge < -0.3 is 16.2 Å². The van der Waals surface area contributed by atoms with E-state index in [0.717, 1.165) is 10.6 Å². The van der Waals surface area contributed by atoms with Crippen LogP contribution >= 0.6 is 11.3 Å². The highest BCUT2D eigenvalue weighted by Crippen LogP contribution is 2.11. The van der Waals surface area contributed by atoms with Gasteiger partial charge in [-0.05, 0) is 13.3 Å². The summed E-state index contributed by atoms with van der Waals surface area (Å²) in [6.45, 7) is 2.25. The van der Waals surface area contributed by atoms with E-state index in [1.807, 2.05) is 6.92 Å². The summed E-state index contributed by atoms with van der Waals surface area (Å²) < 4.78 is 0. The molecule has 0 fully saturated rings. The van der Waals surface area contributed by atoms with E-state index in [0.29, 0.717) is 6.54 Å². The number of carbonyl (C=O) groups is 2. The third kappa shape index (κ3) is 4.49. The van der Waals surface area contributed by atoms with E-state index in [4.69, 9.17) is 10.8 Å². The Morgan fingerprint density at radius 3 is 2.88 bits per heavy atom. The molecule has 1 atom stereocenters. The zero-order valence-electron chi connectivity index (χ0n) is 9.47. The van der Waals surface area contributed by atoms with Crippen LogP contribution in [-0.4, -0.2) is 28.0 Å². The lowest BCUT2D eigenvalue weighted by Crippen LogP contribution is -2.40. The van der Waals surface area contributed by atoms with Crippen molar-refractivity contribution in [1.29, 1.82) is 0 Å². The van der Waals surface area contributed by atoms with E-state index in [1.165, 1.54) is 11.3 Å². The molecule has 0 bridgehead atoms. The van der Waals surface area contributed by atoms with Crippen molar-refractivity contribution in [2.75, 3.05) is 0 Å². The Kier molecular flexibility index (Phi) is 5.05. The number of carbonyl (C=O) groups excluding carboxylic acids is 1. The number of carboxylic acid groups (broad SMARTS) is 1. The summed E-state index contributed by atoms with van der Waals surface area (Å²) in [6, 6.07) is -0.778. The Balaban J connectivity index is 2.34. The Hall–Kier alpha value is -1.47. The summed E-state index contributed by atoms with van der Waals surface area (Å²) in [5.41, 5.74) is 8.15. The molecule has 1 amide bonds. The Morgan fingerprint density at radius 2 is 2.35 bits per heavy atom. The SMILES string of the molecule is Cc1ncsc1CNC(=O)C(N)CCC(=O)O. The van der Waals surface area contributed by atoms with Crippen LogP contribution in [-0.2, 0) is 16.1 Å². The number of carboxylic acids is 1. The second-order valence-electron chi connectivity index (χ2n) is 3.62. The first kappa shape index (κ1) is 13.6. The molecule has 6 nitrogen and oxygen atoms in total. The first-order valence-electron chi connectivity index (χ1n) is 5.14. The van der Waals surface area contributed by atoms with Gasteiger partial charge in [-0.3, -0.25) is 9.59 Å². The molecule has 0 saturated carbocycles. The molecular formula is C10H15N3O3S. The van der Waals surface area contributed by atoms with Crippen LogP contribution in [0.25, 0.3) is 0 Å². The molecule has 0 spiro atoms. The fraction of sp³-hybridized carbons (Fsp3) is 0.500. The number of aliphatic carboxylic acids is 1. The van der Waals surface area contributed by atoms with E-state index < -0.39 is 12.0 Å². The molecule has 0 aromatic carbocycles. The summed E-state index contributed by atoms with van der Waals surface area (Å²) in [5, 5.41) is 11.1. The van der Waals surface area contributed by atoms with E-state index in [-0.39, 0.29) is 18.7 Å². The molecule has 1 aromatic rings. The van der Waals surface area contributed by atoms with Crippen LogP contribution < -0.4 is 11.1 Å². The topological polar surface area (TPSA) is 105 Å². The highest BCUT2D eigenvalue weighted by Gasteiger charge is 2.15. The zero-order valence-corrected chi connectivity index (χ0v) is 10.3. The lowest BCUT2D eigenvalue weighted by molar-refractivity contribution is -0.137. The number of nitrogens with one attached hydrogen (secondary N) is 1. The molecule has 4 N–H and O–H groups in total. The van der Waals surface area contributed by atoms with Crippen molar-refractivity contribution in [3.05, 3.63) is 16.1 Å². The van der Waals surface area contributed by atoms with Crippen molar-refractivity contribution in [3.8, 4) is 0 Å². The number of nitrogens with two attached hydrogens (primary N) is 1. The maximum Gasteiger partial charge on any atom is 0.303 e. The molecule has 7 heteroatoms. The predicted molar refractivity (Wildman–Crippen MR) is 63.5 cm³/mol. The Bertz CT molecular complexity index is 405. The number of rotatable bonds is 6. The Labute approximate surface area is 103 Å². The highest BCUT2D eigenvalue weighted by molar-refractivity contribution is 7.09. The van der Waals surface area contributed by atoms with Crippen molar-refractivity contribution in [3.63, 3.8) is 0 Å². The van der Waals surface area contributed by atoms with Crippen LogP contribution in [0.4, 0.5) is 0 Å². The average molecular weight is 257 g/mol. The maximum atomic E-state index is 11.5. The second kappa shape index (κ2) is 6.31. The number of hydrogen-bond donors (Lipinski definition) is 3. The van der Waals surface area contributed by atoms with Crippen molar-refractivity contribution in [1.82, 2.24) is 10.3 Å². The maximum absolute atomic E-state index is 11.5. The third-order valence-electron chi connectivity index (χ3n) is 2.27. The van der Waals surface area contributed by atoms with Crippen LogP contribution in [0.3, 0.4) is 0 Å². The molecule has 1 heterocycles. The zero-order chi connectivity index (χ0) is 12.8. The first-order chi connectivity index (χ1) is 8.00. The molecule has 0 aliphatic heterocycles. The van der Waals surface area contributed by atoms with E-state index in [1.54, 1.807) is 5.51 Å². The molecular weight excluding hydrogens is 242 g/mol. The van der Waals surface area contributed by atoms with Gasteiger partial charge in [-0.15, -0.1) is 11.3 Å². The number of amides is 1. The monoisotopic (exact) mass is 257 g/mol. The lowest BCUT2D eigenvalue weighted by atomic mass is 10.1. The minimum absolute atomic E-state index is 0.103. The van der Waals surface area contributed by atoms with Crippen molar-refractivity contribution >= 4 is 23.2 Å². The number of hydrogen-bond acceptors (Lipinski definition) is 5. The van der Waals surface area contributed by atoms with Gasteiger partial charge in [0.15, 0.2) is 0 Å². The molecule has 94 valence electrons. The lowest BCUT2D eigenvalue weighted by Gasteiger charge is -2.10. The molecule has 0 aliphatic rings. The van der Waals surface area contributed by atoms with Gasteiger partial charge in [0.25, 0.3) is 0 Å². The average Bonchev–Trinajstić information content (AvgIpc) is 2.68. The molecule has 0 saturated heterocycles. The highest BCUT2D eigenvalue weighted by atomic mass is 32.1. The molecule has 1 rings (SSSR count). The molecule has 17 heavy (non-hydrogen) atoms. The predicted octanol–water partition coefficient (Wildman–Crippen LogP) is 0.260. The van der Waals surface area contributed by atoms with Crippen LogP contribution in [0.5, 0.6) is 0 Å². The number of nitrogens with zero attached hydrogens (tertiary/aromatic N) is 1. The fourth-order valence-electron chi connectivity index (χ4n) is 1.20. The van der Waals surface area contributed by atoms with Gasteiger partial charge in [0.1, 0.15) is 0 Å². The number of aryl methyl sites for hydroxylation is 1. The minimum Gasteiger partial charge on any atom is -0.481 e. The normalized spacial score (nSPS) is 12.1. The smallest absolute Gasteiger partial charge is 0.303 e. The summed E-state index contributed by atoms with van der Waals surface area (Å²) in [5.74, 6) is -1.29. The second-order valence-corrected chi connectivity index (χ2v) is 4.56. The van der Waals surface area contributed by atoms with Crippen LogP contribution in [0.15, 0.2) is 5.51 Å². The van der Waals surface area contributed by atoms with Crippen molar-refractivity contribution in [2.24, 2.45) is 5.73 Å². The summed E-state index contributed by atoms with van der Waals surface area (Å²) in [7, 11) is 0. The van der Waals surface area contributed by atoms with Gasteiger partial charge in [-0.1, -0.05) is 0 Å². The molecule has 1 unspecified atom stereocenters. The van der Waals surface area contributed by atoms with Gasteiger partial charge in [-0.25, -0.2) is 4.98 Å². The van der Waals surface area contributed by atoms with Gasteiger partial charge >= 0.3 is 5.97 Å². The molecule has 1 aromatic heterocycles. The van der Waals surface area contributed by atoms with Gasteiger partial charge in [-0.2, -0.15) is 0 Å². The Morgan fingerprint density at radius 1 is 1.65 bits per heavy atom. The van der Waals surface area contributed by atoms with Crippen LogP contribution in [0.2, 0.25) is 0 Å². The van der Waals surface area contributed by atoms with Gasteiger partial charge in [0.05, 0.1) is 23.8 Å². The quantitative estimate of drug-likeness (QED) is 0.678.